The number of carbonyl (C=O) groups excluding carboxylic acids is 2. The predicted molar refractivity (Wildman–Crippen MR) is 114 cm³/mol. The van der Waals surface area contributed by atoms with Gasteiger partial charge in [0.05, 0.1) is 13.2 Å². The minimum atomic E-state index is -0.509. The van der Waals surface area contributed by atoms with Crippen molar-refractivity contribution in [2.75, 3.05) is 66.6 Å². The van der Waals surface area contributed by atoms with E-state index in [2.05, 4.69) is 25.4 Å². The van der Waals surface area contributed by atoms with Crippen LogP contribution >= 0.6 is 0 Å². The van der Waals surface area contributed by atoms with E-state index in [0.29, 0.717) is 32.0 Å². The van der Waals surface area contributed by atoms with Gasteiger partial charge in [-0.25, -0.2) is 0 Å². The largest absolute Gasteiger partial charge is 0.484 e. The van der Waals surface area contributed by atoms with Crippen molar-refractivity contribution in [3.63, 3.8) is 0 Å². The summed E-state index contributed by atoms with van der Waals surface area (Å²) in [5.74, 6) is 0.912. The second-order valence-corrected chi connectivity index (χ2v) is 6.91. The van der Waals surface area contributed by atoms with Crippen LogP contribution in [0.1, 0.15) is 5.56 Å². The maximum atomic E-state index is 11.9. The summed E-state index contributed by atoms with van der Waals surface area (Å²) in [5, 5.41) is 6.20. The number of primary amides is 1. The molecule has 0 bridgehead atoms. The van der Waals surface area contributed by atoms with Crippen molar-refractivity contribution in [3.8, 4) is 5.75 Å². The van der Waals surface area contributed by atoms with Crippen LogP contribution < -0.4 is 21.1 Å². The minimum Gasteiger partial charge on any atom is -0.484 e. The van der Waals surface area contributed by atoms with Crippen LogP contribution in [-0.4, -0.2) is 94.2 Å². The van der Waals surface area contributed by atoms with E-state index in [9.17, 15) is 9.59 Å². The molecule has 1 heterocycles. The number of carbonyl (C=O) groups is 2. The molecule has 1 aliphatic heterocycles. The summed E-state index contributed by atoms with van der Waals surface area (Å²) in [4.78, 5) is 31.5. The van der Waals surface area contributed by atoms with Gasteiger partial charge in [0.15, 0.2) is 12.6 Å². The molecule has 2 amide bonds. The number of benzene rings is 1. The molecule has 0 spiro atoms. The molecular formula is C20H32N6O4. The fourth-order valence-electron chi connectivity index (χ4n) is 3.08. The highest BCUT2D eigenvalue weighted by molar-refractivity contribution is 5.80. The lowest BCUT2D eigenvalue weighted by molar-refractivity contribution is -0.122. The van der Waals surface area contributed by atoms with Crippen LogP contribution in [0.4, 0.5) is 0 Å². The van der Waals surface area contributed by atoms with Gasteiger partial charge in [0.1, 0.15) is 5.75 Å². The monoisotopic (exact) mass is 420 g/mol. The summed E-state index contributed by atoms with van der Waals surface area (Å²) in [6.07, 6.45) is 0. The van der Waals surface area contributed by atoms with Gasteiger partial charge in [-0.1, -0.05) is 12.1 Å². The predicted octanol–water partition coefficient (Wildman–Crippen LogP) is -0.994. The fraction of sp³-hybridized carbons (Fsp3) is 0.550. The first-order valence-corrected chi connectivity index (χ1v) is 9.95. The SMILES string of the molecule is CN=C(NCc1cccc(OCC(N)=O)c1)N1CCN(CC(=O)NCCOC)CC1. The van der Waals surface area contributed by atoms with Crippen molar-refractivity contribution < 1.29 is 19.1 Å². The summed E-state index contributed by atoms with van der Waals surface area (Å²) in [7, 11) is 3.37. The first-order chi connectivity index (χ1) is 14.5. The molecule has 1 saturated heterocycles. The second-order valence-electron chi connectivity index (χ2n) is 6.91. The van der Waals surface area contributed by atoms with Gasteiger partial charge in [0, 0.05) is 53.4 Å². The lowest BCUT2D eigenvalue weighted by Gasteiger charge is -2.36. The average molecular weight is 421 g/mol. The molecule has 0 unspecified atom stereocenters. The molecule has 166 valence electrons. The normalized spacial score (nSPS) is 15.0. The summed E-state index contributed by atoms with van der Waals surface area (Å²) in [6, 6.07) is 7.49. The molecule has 2 rings (SSSR count). The van der Waals surface area contributed by atoms with Crippen LogP contribution in [0.2, 0.25) is 0 Å². The van der Waals surface area contributed by atoms with Gasteiger partial charge in [0.25, 0.3) is 5.91 Å². The fourth-order valence-corrected chi connectivity index (χ4v) is 3.08. The lowest BCUT2D eigenvalue weighted by Crippen LogP contribution is -2.54. The Morgan fingerprint density at radius 3 is 2.63 bits per heavy atom. The first kappa shape index (κ1) is 23.4. The number of guanidine groups is 1. The Hall–Kier alpha value is -2.85. The quantitative estimate of drug-likeness (QED) is 0.252. The third kappa shape index (κ3) is 8.26. The number of piperazine rings is 1. The van der Waals surface area contributed by atoms with E-state index in [0.717, 1.165) is 37.7 Å². The first-order valence-electron chi connectivity index (χ1n) is 9.95. The molecule has 10 heteroatoms. The number of nitrogens with one attached hydrogen (secondary N) is 2. The third-order valence-corrected chi connectivity index (χ3v) is 4.61. The maximum absolute atomic E-state index is 11.9. The highest BCUT2D eigenvalue weighted by atomic mass is 16.5. The van der Waals surface area contributed by atoms with Crippen LogP contribution in [0.3, 0.4) is 0 Å². The van der Waals surface area contributed by atoms with Crippen molar-refractivity contribution >= 4 is 17.8 Å². The molecule has 1 aliphatic rings. The molecule has 1 fully saturated rings. The highest BCUT2D eigenvalue weighted by Gasteiger charge is 2.21. The van der Waals surface area contributed by atoms with Crippen LogP contribution in [0.25, 0.3) is 0 Å². The van der Waals surface area contributed by atoms with Crippen LogP contribution in [0.5, 0.6) is 5.75 Å². The molecule has 1 aromatic carbocycles. The number of nitrogens with zero attached hydrogens (tertiary/aromatic N) is 3. The zero-order valence-electron chi connectivity index (χ0n) is 17.7. The van der Waals surface area contributed by atoms with Crippen molar-refractivity contribution in [2.45, 2.75) is 6.54 Å². The van der Waals surface area contributed by atoms with Crippen LogP contribution in [0, 0.1) is 0 Å². The smallest absolute Gasteiger partial charge is 0.255 e. The Morgan fingerprint density at radius 2 is 1.97 bits per heavy atom. The van der Waals surface area contributed by atoms with Gasteiger partial charge < -0.3 is 30.7 Å². The maximum Gasteiger partial charge on any atom is 0.255 e. The number of hydrogen-bond donors (Lipinski definition) is 3. The Kier molecular flexibility index (Phi) is 9.88. The van der Waals surface area contributed by atoms with Gasteiger partial charge in [0.2, 0.25) is 5.91 Å². The van der Waals surface area contributed by atoms with Gasteiger partial charge in [-0.15, -0.1) is 0 Å². The molecular weight excluding hydrogens is 388 g/mol. The minimum absolute atomic E-state index is 0.0152. The number of ether oxygens (including phenoxy) is 2. The van der Waals surface area contributed by atoms with Crippen LogP contribution in [0.15, 0.2) is 29.3 Å². The van der Waals surface area contributed by atoms with Gasteiger partial charge >= 0.3 is 0 Å². The van der Waals surface area contributed by atoms with E-state index in [-0.39, 0.29) is 12.5 Å². The highest BCUT2D eigenvalue weighted by Crippen LogP contribution is 2.13. The number of nitrogens with two attached hydrogens (primary N) is 1. The molecule has 10 nitrogen and oxygen atoms in total. The molecule has 1 aromatic rings. The van der Waals surface area contributed by atoms with Crippen LogP contribution in [-0.2, 0) is 20.9 Å². The molecule has 30 heavy (non-hydrogen) atoms. The second kappa shape index (κ2) is 12.7. The van der Waals surface area contributed by atoms with E-state index in [1.165, 1.54) is 0 Å². The Bertz CT molecular complexity index is 719. The molecule has 0 atom stereocenters. The van der Waals surface area contributed by atoms with Crippen molar-refractivity contribution in [3.05, 3.63) is 29.8 Å². The zero-order chi connectivity index (χ0) is 21.8. The number of aliphatic imine (C=N–C) groups is 1. The van der Waals surface area contributed by atoms with E-state index < -0.39 is 5.91 Å². The molecule has 0 saturated carbocycles. The Morgan fingerprint density at radius 1 is 1.20 bits per heavy atom. The number of amides is 2. The summed E-state index contributed by atoms with van der Waals surface area (Å²) in [5.41, 5.74) is 6.12. The molecule has 0 aliphatic carbocycles. The summed E-state index contributed by atoms with van der Waals surface area (Å²) >= 11 is 0. The third-order valence-electron chi connectivity index (χ3n) is 4.61. The number of methoxy groups -OCH3 is 1. The number of hydrogen-bond acceptors (Lipinski definition) is 6. The van der Waals surface area contributed by atoms with Crippen molar-refractivity contribution in [1.29, 1.82) is 0 Å². The van der Waals surface area contributed by atoms with Crippen molar-refractivity contribution in [2.24, 2.45) is 10.7 Å². The summed E-state index contributed by atoms with van der Waals surface area (Å²) in [6.45, 7) is 5.00. The topological polar surface area (TPSA) is 122 Å². The van der Waals surface area contributed by atoms with E-state index >= 15 is 0 Å². The van der Waals surface area contributed by atoms with Crippen molar-refractivity contribution in [1.82, 2.24) is 20.4 Å². The standard InChI is InChI=1S/C20H32N6O4/c1-22-20(24-13-16-4-3-5-17(12-16)30-15-18(21)27)26-9-7-25(8-10-26)14-19(28)23-6-11-29-2/h3-5,12H,6-11,13-15H2,1-2H3,(H2,21,27)(H,22,24)(H,23,28). The van der Waals surface area contributed by atoms with Gasteiger partial charge in [-0.3, -0.25) is 19.5 Å². The van der Waals surface area contributed by atoms with E-state index in [1.807, 2.05) is 18.2 Å². The zero-order valence-corrected chi connectivity index (χ0v) is 17.7. The van der Waals surface area contributed by atoms with Gasteiger partial charge in [-0.05, 0) is 17.7 Å². The molecule has 0 radical (unpaired) electrons. The van der Waals surface area contributed by atoms with Gasteiger partial charge in [-0.2, -0.15) is 0 Å². The number of rotatable bonds is 10. The Balaban J connectivity index is 1.76. The van der Waals surface area contributed by atoms with E-state index in [1.54, 1.807) is 20.2 Å². The lowest BCUT2D eigenvalue weighted by atomic mass is 10.2. The summed E-state index contributed by atoms with van der Waals surface area (Å²) < 4.78 is 10.3. The molecule has 4 N–H and O–H groups in total. The Labute approximate surface area is 177 Å². The average Bonchev–Trinajstić information content (AvgIpc) is 2.74. The van der Waals surface area contributed by atoms with E-state index in [4.69, 9.17) is 15.2 Å². The molecule has 0 aromatic heterocycles.